The Morgan fingerprint density at radius 1 is 1.05 bits per heavy atom. The van der Waals surface area contributed by atoms with Crippen LogP contribution in [-0.4, -0.2) is 68.3 Å². The minimum atomic E-state index is -3.75. The number of fused-ring (bicyclic) bond motifs is 1. The summed E-state index contributed by atoms with van der Waals surface area (Å²) in [6.45, 7) is 2.59. The maximum atomic E-state index is 13.3. The number of amides is 4. The van der Waals surface area contributed by atoms with Gasteiger partial charge in [-0.1, -0.05) is 24.1 Å². The van der Waals surface area contributed by atoms with Gasteiger partial charge in [0, 0.05) is 13.1 Å². The summed E-state index contributed by atoms with van der Waals surface area (Å²) in [5.41, 5.74) is -0.883. The highest BCUT2D eigenvalue weighted by molar-refractivity contribution is 7.89. The Labute approximate surface area is 225 Å². The molecule has 202 valence electrons. The predicted octanol–water partition coefficient (Wildman–Crippen LogP) is 2.69. The minimum Gasteiger partial charge on any atom is -0.486 e. The monoisotopic (exact) mass is 562 g/mol. The zero-order valence-electron chi connectivity index (χ0n) is 20.7. The van der Waals surface area contributed by atoms with Crippen molar-refractivity contribution in [1.82, 2.24) is 14.5 Å². The molecule has 3 aliphatic rings. The highest BCUT2D eigenvalue weighted by Gasteiger charge is 2.50. The molecule has 2 saturated heterocycles. The molecule has 11 nitrogen and oxygen atoms in total. The van der Waals surface area contributed by atoms with Crippen LogP contribution in [0, 0.1) is 0 Å². The summed E-state index contributed by atoms with van der Waals surface area (Å²) < 4.78 is 38.6. The van der Waals surface area contributed by atoms with Gasteiger partial charge in [0.25, 0.3) is 5.91 Å². The standard InChI is InChI=1S/C25H27ClN4O7S/c1-25(16-5-8-20-21(13-16)37-12-11-36-20)23(32)30(24(33)28-25)15-22(31)27-19-14-17(6-7-18(19)26)38(34,35)29-9-3-2-4-10-29/h5-8,13-14H,2-4,9-12,15H2,1H3,(H,27,31)(H,28,33)/t25-/m1/s1. The van der Waals surface area contributed by atoms with E-state index < -0.39 is 40.0 Å². The van der Waals surface area contributed by atoms with Crippen LogP contribution in [0.1, 0.15) is 31.7 Å². The van der Waals surface area contributed by atoms with Gasteiger partial charge in [0.05, 0.1) is 15.6 Å². The first-order chi connectivity index (χ1) is 18.1. The largest absolute Gasteiger partial charge is 0.486 e. The molecule has 4 amide bonds. The molecule has 13 heteroatoms. The number of urea groups is 1. The summed E-state index contributed by atoms with van der Waals surface area (Å²) in [6, 6.07) is 8.27. The van der Waals surface area contributed by atoms with Crippen molar-refractivity contribution >= 4 is 45.2 Å². The number of halogens is 1. The number of anilines is 1. The van der Waals surface area contributed by atoms with E-state index >= 15 is 0 Å². The zero-order chi connectivity index (χ0) is 27.1. The number of nitrogens with one attached hydrogen (secondary N) is 2. The number of rotatable bonds is 6. The van der Waals surface area contributed by atoms with Gasteiger partial charge in [-0.05, 0) is 55.7 Å². The lowest BCUT2D eigenvalue weighted by Crippen LogP contribution is -2.42. The third-order valence-corrected chi connectivity index (χ3v) is 9.09. The maximum Gasteiger partial charge on any atom is 0.325 e. The normalized spacial score (nSPS) is 21.8. The van der Waals surface area contributed by atoms with Crippen molar-refractivity contribution in [3.63, 3.8) is 0 Å². The molecule has 0 saturated carbocycles. The second kappa shape index (κ2) is 10.1. The molecular weight excluding hydrogens is 536 g/mol. The van der Waals surface area contributed by atoms with Gasteiger partial charge in [-0.15, -0.1) is 0 Å². The van der Waals surface area contributed by atoms with Crippen molar-refractivity contribution in [3.8, 4) is 11.5 Å². The number of nitrogens with zero attached hydrogens (tertiary/aromatic N) is 2. The second-order valence-electron chi connectivity index (χ2n) is 9.46. The van der Waals surface area contributed by atoms with Gasteiger partial charge in [-0.3, -0.25) is 14.5 Å². The average Bonchev–Trinajstić information content (AvgIpc) is 3.13. The molecule has 0 spiro atoms. The fourth-order valence-electron chi connectivity index (χ4n) is 4.74. The lowest BCUT2D eigenvalue weighted by Gasteiger charge is -2.26. The van der Waals surface area contributed by atoms with E-state index in [9.17, 15) is 22.8 Å². The molecule has 3 aliphatic heterocycles. The fraction of sp³-hybridized carbons (Fsp3) is 0.400. The van der Waals surface area contributed by atoms with E-state index in [1.54, 1.807) is 25.1 Å². The van der Waals surface area contributed by atoms with Gasteiger partial charge >= 0.3 is 6.03 Å². The number of carbonyl (C=O) groups excluding carboxylic acids is 3. The number of carbonyl (C=O) groups is 3. The van der Waals surface area contributed by atoms with Gasteiger partial charge < -0.3 is 20.1 Å². The fourth-order valence-corrected chi connectivity index (χ4v) is 6.45. The van der Waals surface area contributed by atoms with Crippen LogP contribution in [0.2, 0.25) is 5.02 Å². The predicted molar refractivity (Wildman–Crippen MR) is 138 cm³/mol. The van der Waals surface area contributed by atoms with Crippen LogP contribution in [-0.2, 0) is 25.2 Å². The van der Waals surface area contributed by atoms with Crippen LogP contribution in [0.15, 0.2) is 41.3 Å². The molecule has 2 aromatic carbocycles. The number of hydrogen-bond donors (Lipinski definition) is 2. The maximum absolute atomic E-state index is 13.3. The molecule has 0 aliphatic carbocycles. The van der Waals surface area contributed by atoms with Crippen LogP contribution in [0.4, 0.5) is 10.5 Å². The summed E-state index contributed by atoms with van der Waals surface area (Å²) in [5, 5.41) is 5.31. The summed E-state index contributed by atoms with van der Waals surface area (Å²) in [4.78, 5) is 39.7. The van der Waals surface area contributed by atoms with Crippen LogP contribution in [0.3, 0.4) is 0 Å². The van der Waals surface area contributed by atoms with E-state index in [0.717, 1.165) is 24.2 Å². The van der Waals surface area contributed by atoms with E-state index in [-0.39, 0.29) is 15.6 Å². The first-order valence-corrected chi connectivity index (χ1v) is 14.1. The van der Waals surface area contributed by atoms with E-state index in [1.165, 1.54) is 22.5 Å². The first kappa shape index (κ1) is 26.3. The topological polar surface area (TPSA) is 134 Å². The number of piperidine rings is 1. The van der Waals surface area contributed by atoms with Crippen molar-refractivity contribution < 1.29 is 32.3 Å². The zero-order valence-corrected chi connectivity index (χ0v) is 22.2. The molecule has 0 radical (unpaired) electrons. The van der Waals surface area contributed by atoms with Crippen molar-refractivity contribution in [2.45, 2.75) is 36.6 Å². The number of benzene rings is 2. The minimum absolute atomic E-state index is 0.000255. The molecule has 1 atom stereocenters. The quantitative estimate of drug-likeness (QED) is 0.517. The lowest BCUT2D eigenvalue weighted by atomic mass is 9.91. The Hall–Kier alpha value is -3.35. The van der Waals surface area contributed by atoms with E-state index in [2.05, 4.69) is 10.6 Å². The molecule has 0 bridgehead atoms. The van der Waals surface area contributed by atoms with Gasteiger partial charge in [-0.25, -0.2) is 13.2 Å². The summed E-state index contributed by atoms with van der Waals surface area (Å²) in [6.07, 6.45) is 2.55. The van der Waals surface area contributed by atoms with Crippen molar-refractivity contribution in [1.29, 1.82) is 0 Å². The number of imide groups is 1. The smallest absolute Gasteiger partial charge is 0.325 e. The molecule has 0 aromatic heterocycles. The van der Waals surface area contributed by atoms with Gasteiger partial charge in [-0.2, -0.15) is 4.31 Å². The Kier molecular flexibility index (Phi) is 6.97. The Balaban J connectivity index is 1.31. The first-order valence-electron chi connectivity index (χ1n) is 12.2. The van der Waals surface area contributed by atoms with Crippen LogP contribution in [0.25, 0.3) is 0 Å². The Morgan fingerprint density at radius 3 is 2.50 bits per heavy atom. The van der Waals surface area contributed by atoms with Crippen LogP contribution in [0.5, 0.6) is 11.5 Å². The molecule has 3 heterocycles. The van der Waals surface area contributed by atoms with E-state index in [1.807, 2.05) is 0 Å². The van der Waals surface area contributed by atoms with Gasteiger partial charge in [0.2, 0.25) is 15.9 Å². The third kappa shape index (κ3) is 4.79. The summed E-state index contributed by atoms with van der Waals surface area (Å²) >= 11 is 6.23. The number of ether oxygens (including phenoxy) is 2. The second-order valence-corrected chi connectivity index (χ2v) is 11.8. The SMILES string of the molecule is C[C@]1(c2ccc3c(c2)OCCO3)NC(=O)N(CC(=O)Nc2cc(S(=O)(=O)N3CCCCC3)ccc2Cl)C1=O. The molecule has 5 rings (SSSR count). The molecule has 38 heavy (non-hydrogen) atoms. The van der Waals surface area contributed by atoms with Crippen LogP contribution >= 0.6 is 11.6 Å². The summed E-state index contributed by atoms with van der Waals surface area (Å²) in [7, 11) is -3.75. The van der Waals surface area contributed by atoms with E-state index in [0.29, 0.717) is 43.4 Å². The Bertz CT molecular complexity index is 1410. The lowest BCUT2D eigenvalue weighted by molar-refractivity contribution is -0.133. The highest BCUT2D eigenvalue weighted by Crippen LogP contribution is 2.37. The highest BCUT2D eigenvalue weighted by atomic mass is 35.5. The van der Waals surface area contributed by atoms with Crippen molar-refractivity contribution in [2.75, 3.05) is 38.2 Å². The third-order valence-electron chi connectivity index (χ3n) is 6.86. The number of hydrogen-bond acceptors (Lipinski definition) is 7. The molecule has 2 fully saturated rings. The molecule has 0 unspecified atom stereocenters. The molecule has 2 N–H and O–H groups in total. The molecular formula is C25H27ClN4O7S. The van der Waals surface area contributed by atoms with E-state index in [4.69, 9.17) is 21.1 Å². The van der Waals surface area contributed by atoms with Gasteiger partial charge in [0.1, 0.15) is 25.3 Å². The van der Waals surface area contributed by atoms with Crippen molar-refractivity contribution in [3.05, 3.63) is 47.0 Å². The number of sulfonamides is 1. The van der Waals surface area contributed by atoms with Gasteiger partial charge in [0.15, 0.2) is 11.5 Å². The van der Waals surface area contributed by atoms with Crippen molar-refractivity contribution in [2.24, 2.45) is 0 Å². The Morgan fingerprint density at radius 2 is 1.76 bits per heavy atom. The molecule has 2 aromatic rings. The summed E-state index contributed by atoms with van der Waals surface area (Å²) in [5.74, 6) is -0.337. The van der Waals surface area contributed by atoms with Crippen LogP contribution < -0.4 is 20.1 Å². The average molecular weight is 563 g/mol.